The molecular formula is C14H16BrN3S. The molecule has 0 spiro atoms. The van der Waals surface area contributed by atoms with Gasteiger partial charge in [-0.05, 0) is 59.9 Å². The van der Waals surface area contributed by atoms with Gasteiger partial charge in [-0.15, -0.1) is 11.3 Å². The highest BCUT2D eigenvalue weighted by molar-refractivity contribution is 9.11. The highest BCUT2D eigenvalue weighted by Crippen LogP contribution is 2.39. The van der Waals surface area contributed by atoms with Crippen molar-refractivity contribution < 1.29 is 0 Å². The molecule has 3 saturated heterocycles. The maximum Gasteiger partial charge on any atom is 0.0954 e. The summed E-state index contributed by atoms with van der Waals surface area (Å²) in [7, 11) is 0. The number of fused-ring (bicyclic) bond motifs is 3. The first-order valence-corrected chi connectivity index (χ1v) is 8.42. The van der Waals surface area contributed by atoms with Crippen molar-refractivity contribution in [2.75, 3.05) is 19.6 Å². The molecule has 0 amide bonds. The van der Waals surface area contributed by atoms with Crippen LogP contribution in [-0.2, 0) is 0 Å². The summed E-state index contributed by atoms with van der Waals surface area (Å²) in [6.45, 7) is 3.77. The highest BCUT2D eigenvalue weighted by atomic mass is 79.9. The molecule has 3 fully saturated rings. The van der Waals surface area contributed by atoms with Crippen molar-refractivity contribution in [2.45, 2.75) is 18.9 Å². The molecule has 0 unspecified atom stereocenters. The van der Waals surface area contributed by atoms with E-state index in [0.717, 1.165) is 5.92 Å². The second-order valence-electron chi connectivity index (χ2n) is 5.50. The monoisotopic (exact) mass is 337 g/mol. The van der Waals surface area contributed by atoms with Crippen molar-refractivity contribution in [2.24, 2.45) is 5.92 Å². The minimum Gasteiger partial charge on any atom is -0.325 e. The molecule has 0 radical (unpaired) electrons. The first-order valence-electron chi connectivity index (χ1n) is 6.81. The molecule has 1 atom stereocenters. The van der Waals surface area contributed by atoms with E-state index < -0.39 is 0 Å². The molecule has 100 valence electrons. The largest absolute Gasteiger partial charge is 0.325 e. The smallest absolute Gasteiger partial charge is 0.0954 e. The zero-order chi connectivity index (χ0) is 12.8. The Morgan fingerprint density at radius 3 is 2.74 bits per heavy atom. The lowest BCUT2D eigenvalue weighted by atomic mass is 9.84. The zero-order valence-corrected chi connectivity index (χ0v) is 13.0. The average molecular weight is 338 g/mol. The molecule has 0 saturated carbocycles. The molecule has 5 heterocycles. The Hall–Kier alpha value is -0.650. The number of thiophene rings is 1. The first kappa shape index (κ1) is 12.1. The van der Waals surface area contributed by atoms with E-state index in [1.165, 1.54) is 46.8 Å². The number of halogens is 1. The molecule has 5 heteroatoms. The minimum absolute atomic E-state index is 0.612. The van der Waals surface area contributed by atoms with Crippen molar-refractivity contribution in [3.8, 4) is 10.6 Å². The predicted octanol–water partition coefficient (Wildman–Crippen LogP) is 3.64. The van der Waals surface area contributed by atoms with Crippen molar-refractivity contribution in [1.82, 2.24) is 14.5 Å². The number of piperidine rings is 3. The highest BCUT2D eigenvalue weighted by Gasteiger charge is 2.35. The molecule has 3 nitrogen and oxygen atoms in total. The molecule has 2 aromatic rings. The van der Waals surface area contributed by atoms with Gasteiger partial charge in [-0.3, -0.25) is 0 Å². The van der Waals surface area contributed by atoms with Gasteiger partial charge >= 0.3 is 0 Å². The molecule has 0 aliphatic carbocycles. The average Bonchev–Trinajstić information content (AvgIpc) is 3.08. The number of hydrogen-bond donors (Lipinski definition) is 0. The van der Waals surface area contributed by atoms with Gasteiger partial charge in [0, 0.05) is 6.54 Å². The number of imidazole rings is 1. The Balaban J connectivity index is 1.71. The second kappa shape index (κ2) is 4.72. The molecule has 2 bridgehead atoms. The number of aromatic nitrogens is 2. The fourth-order valence-corrected chi connectivity index (χ4v) is 4.86. The Morgan fingerprint density at radius 1 is 1.26 bits per heavy atom. The van der Waals surface area contributed by atoms with E-state index in [2.05, 4.69) is 42.5 Å². The predicted molar refractivity (Wildman–Crippen MR) is 81.4 cm³/mol. The number of nitrogens with zero attached hydrogens (tertiary/aromatic N) is 3. The molecule has 3 aliphatic rings. The lowest BCUT2D eigenvalue weighted by Crippen LogP contribution is -2.48. The van der Waals surface area contributed by atoms with Gasteiger partial charge in [0.25, 0.3) is 0 Å². The van der Waals surface area contributed by atoms with Gasteiger partial charge in [-0.1, -0.05) is 0 Å². The molecule has 2 aromatic heterocycles. The van der Waals surface area contributed by atoms with Crippen LogP contribution in [0.3, 0.4) is 0 Å². The summed E-state index contributed by atoms with van der Waals surface area (Å²) in [6, 6.07) is 4.91. The lowest BCUT2D eigenvalue weighted by Gasteiger charge is -2.45. The van der Waals surface area contributed by atoms with Gasteiger partial charge in [0.1, 0.15) is 0 Å². The summed E-state index contributed by atoms with van der Waals surface area (Å²) < 4.78 is 3.60. The lowest BCUT2D eigenvalue weighted by molar-refractivity contribution is 0.0577. The molecular weight excluding hydrogens is 322 g/mol. The van der Waals surface area contributed by atoms with Crippen LogP contribution in [0.15, 0.2) is 28.4 Å². The fraction of sp³-hybridized carbons (Fsp3) is 0.500. The summed E-state index contributed by atoms with van der Waals surface area (Å²) in [4.78, 5) is 8.30. The van der Waals surface area contributed by atoms with Crippen LogP contribution in [-0.4, -0.2) is 34.1 Å². The SMILES string of the molecule is Brc1ccc(-c2cncn2[C@H]2CN3CCC2CC3)s1. The third kappa shape index (κ3) is 2.08. The fourth-order valence-electron chi connectivity index (χ4n) is 3.46. The number of hydrogen-bond acceptors (Lipinski definition) is 3. The third-order valence-electron chi connectivity index (χ3n) is 4.47. The summed E-state index contributed by atoms with van der Waals surface area (Å²) >= 11 is 5.34. The van der Waals surface area contributed by atoms with E-state index in [4.69, 9.17) is 0 Å². The van der Waals surface area contributed by atoms with Crippen molar-refractivity contribution >= 4 is 27.3 Å². The molecule has 19 heavy (non-hydrogen) atoms. The van der Waals surface area contributed by atoms with E-state index in [9.17, 15) is 0 Å². The molecule has 0 N–H and O–H groups in total. The van der Waals surface area contributed by atoms with Crippen LogP contribution in [0.4, 0.5) is 0 Å². The Bertz CT molecular complexity index is 583. The van der Waals surface area contributed by atoms with E-state index in [1.54, 1.807) is 11.3 Å². The maximum absolute atomic E-state index is 4.40. The van der Waals surface area contributed by atoms with Crippen LogP contribution >= 0.6 is 27.3 Å². The van der Waals surface area contributed by atoms with Gasteiger partial charge in [-0.2, -0.15) is 0 Å². The summed E-state index contributed by atoms with van der Waals surface area (Å²) in [6.07, 6.45) is 6.72. The van der Waals surface area contributed by atoms with E-state index in [0.29, 0.717) is 6.04 Å². The van der Waals surface area contributed by atoms with E-state index >= 15 is 0 Å². The van der Waals surface area contributed by atoms with Gasteiger partial charge in [-0.25, -0.2) is 4.98 Å². The Morgan fingerprint density at radius 2 is 2.11 bits per heavy atom. The standard InChI is InChI=1S/C14H16BrN3S/c15-14-2-1-13(19-14)11-7-16-9-18(11)12-8-17-5-3-10(12)4-6-17/h1-2,7,9-10,12H,3-6,8H2/t12-/m0/s1. The molecule has 0 aromatic carbocycles. The van der Waals surface area contributed by atoms with Crippen LogP contribution in [0.2, 0.25) is 0 Å². The summed E-state index contributed by atoms with van der Waals surface area (Å²) in [5.74, 6) is 0.835. The van der Waals surface area contributed by atoms with Gasteiger partial charge in [0.2, 0.25) is 0 Å². The second-order valence-corrected chi connectivity index (χ2v) is 7.96. The Labute approximate surface area is 125 Å². The van der Waals surface area contributed by atoms with Crippen molar-refractivity contribution in [3.63, 3.8) is 0 Å². The van der Waals surface area contributed by atoms with Crippen molar-refractivity contribution in [3.05, 3.63) is 28.4 Å². The van der Waals surface area contributed by atoms with Gasteiger partial charge < -0.3 is 9.47 Å². The number of rotatable bonds is 2. The quantitative estimate of drug-likeness (QED) is 0.834. The van der Waals surface area contributed by atoms with Gasteiger partial charge in [0.15, 0.2) is 0 Å². The summed E-state index contributed by atoms with van der Waals surface area (Å²) in [5, 5.41) is 0. The van der Waals surface area contributed by atoms with E-state index in [-0.39, 0.29) is 0 Å². The van der Waals surface area contributed by atoms with Crippen molar-refractivity contribution in [1.29, 1.82) is 0 Å². The normalized spacial score (nSPS) is 29.8. The maximum atomic E-state index is 4.40. The van der Waals surface area contributed by atoms with Crippen LogP contribution < -0.4 is 0 Å². The van der Waals surface area contributed by atoms with Crippen LogP contribution in [0.25, 0.3) is 10.6 Å². The third-order valence-corrected chi connectivity index (χ3v) is 6.12. The zero-order valence-electron chi connectivity index (χ0n) is 10.6. The van der Waals surface area contributed by atoms with Crippen LogP contribution in [0.1, 0.15) is 18.9 Å². The van der Waals surface area contributed by atoms with Crippen LogP contribution in [0, 0.1) is 5.92 Å². The minimum atomic E-state index is 0.612. The molecule has 3 aliphatic heterocycles. The van der Waals surface area contributed by atoms with E-state index in [1.807, 2.05) is 12.5 Å². The summed E-state index contributed by atoms with van der Waals surface area (Å²) in [5.41, 5.74) is 1.27. The first-order chi connectivity index (χ1) is 9.31. The Kier molecular flexibility index (Phi) is 3.01. The molecule has 5 rings (SSSR count). The van der Waals surface area contributed by atoms with Gasteiger partial charge in [0.05, 0.1) is 32.9 Å². The van der Waals surface area contributed by atoms with Crippen LogP contribution in [0.5, 0.6) is 0 Å². The topological polar surface area (TPSA) is 21.1 Å².